The number of hydrogen-bond donors (Lipinski definition) is 0. The first kappa shape index (κ1) is 56.8. The second-order valence-corrected chi connectivity index (χ2v) is 15.4. The monoisotopic (exact) mass is 843 g/mol. The average Bonchev–Trinajstić information content (AvgIpc) is 3.26. The molecular formula is C55H86O6. The van der Waals surface area contributed by atoms with Gasteiger partial charge in [0.15, 0.2) is 6.10 Å². The van der Waals surface area contributed by atoms with E-state index in [4.69, 9.17) is 14.2 Å². The molecule has 0 aromatic carbocycles. The third-order valence-corrected chi connectivity index (χ3v) is 9.59. The van der Waals surface area contributed by atoms with E-state index in [0.29, 0.717) is 19.3 Å². The Balaban J connectivity index is 4.57. The first-order chi connectivity index (χ1) is 30.0. The van der Waals surface area contributed by atoms with Gasteiger partial charge in [-0.2, -0.15) is 0 Å². The fourth-order valence-electron chi connectivity index (χ4n) is 6.01. The molecule has 0 amide bonds. The van der Waals surface area contributed by atoms with E-state index in [1.165, 1.54) is 44.9 Å². The minimum absolute atomic E-state index is 0.122. The zero-order chi connectivity index (χ0) is 44.4. The summed E-state index contributed by atoms with van der Waals surface area (Å²) in [4.78, 5) is 37.8. The lowest BCUT2D eigenvalue weighted by molar-refractivity contribution is -0.167. The highest BCUT2D eigenvalue weighted by Crippen LogP contribution is 2.12. The van der Waals surface area contributed by atoms with Crippen LogP contribution in [0.15, 0.2) is 122 Å². The molecule has 0 aliphatic rings. The smallest absolute Gasteiger partial charge is 0.306 e. The van der Waals surface area contributed by atoms with Crippen molar-refractivity contribution in [3.8, 4) is 0 Å². The maximum Gasteiger partial charge on any atom is 0.306 e. The predicted molar refractivity (Wildman–Crippen MR) is 260 cm³/mol. The molecule has 6 nitrogen and oxygen atoms in total. The molecule has 61 heavy (non-hydrogen) atoms. The van der Waals surface area contributed by atoms with Gasteiger partial charge in [0.2, 0.25) is 0 Å². The molecule has 0 bridgehead atoms. The number of ether oxygens (including phenoxy) is 3. The van der Waals surface area contributed by atoms with Gasteiger partial charge in [0.1, 0.15) is 13.2 Å². The lowest BCUT2D eigenvalue weighted by Crippen LogP contribution is -2.30. The van der Waals surface area contributed by atoms with Gasteiger partial charge in [-0.15, -0.1) is 0 Å². The van der Waals surface area contributed by atoms with Crippen molar-refractivity contribution < 1.29 is 28.6 Å². The maximum absolute atomic E-state index is 12.8. The minimum atomic E-state index is -0.822. The number of carbonyl (C=O) groups is 3. The Hall–Kier alpha value is -4.19. The van der Waals surface area contributed by atoms with Crippen LogP contribution in [0.5, 0.6) is 0 Å². The van der Waals surface area contributed by atoms with Crippen LogP contribution in [0.2, 0.25) is 0 Å². The molecule has 6 heteroatoms. The zero-order valence-electron chi connectivity index (χ0n) is 38.9. The van der Waals surface area contributed by atoms with Gasteiger partial charge in [0, 0.05) is 19.3 Å². The Morgan fingerprint density at radius 2 is 0.721 bits per heavy atom. The molecule has 0 aromatic rings. The van der Waals surface area contributed by atoms with Crippen LogP contribution in [-0.2, 0) is 28.6 Å². The summed E-state index contributed by atoms with van der Waals surface area (Å²) in [7, 11) is 0. The third-order valence-electron chi connectivity index (χ3n) is 9.59. The van der Waals surface area contributed by atoms with Crippen LogP contribution in [0.4, 0.5) is 0 Å². The molecule has 0 saturated heterocycles. The van der Waals surface area contributed by atoms with E-state index in [1.54, 1.807) is 0 Å². The SMILES string of the molecule is CC\C=C/C=C\C=C/C=C\C=C\C=C/CCCCCC(=O)OCC(COC(=O)CCCC/C=C\C/C=C\C/C=C\CC)OC(=O)CCCCC/C=C\CCCCCCCCC. The second-order valence-electron chi connectivity index (χ2n) is 15.4. The summed E-state index contributed by atoms with van der Waals surface area (Å²) in [5.74, 6) is -1.03. The van der Waals surface area contributed by atoms with E-state index < -0.39 is 6.10 Å². The Morgan fingerprint density at radius 3 is 1.25 bits per heavy atom. The molecule has 0 heterocycles. The standard InChI is InChI=1S/C55H86O6/c1-4-7-10-13-16-19-22-25-27-28-29-31-33-36-39-42-45-48-54(57)60-51-52(50-59-53(56)47-44-41-38-35-32-24-21-18-15-12-9-6-3)61-55(58)49-46-43-40-37-34-30-26-23-20-17-14-11-8-5-2/h7,9-10,12-13,16,18-19,21-22,25,27-35,52H,4-6,8,11,14-15,17,20,23-24,26,36-51H2,1-3H3/b10-7-,12-9-,16-13-,21-18-,22-19-,27-25-,29-28+,33-31-,34-30-,35-32-. The highest BCUT2D eigenvalue weighted by atomic mass is 16.6. The van der Waals surface area contributed by atoms with Crippen molar-refractivity contribution in [2.75, 3.05) is 13.2 Å². The average molecular weight is 843 g/mol. The molecule has 0 aromatic heterocycles. The summed E-state index contributed by atoms with van der Waals surface area (Å²) >= 11 is 0. The van der Waals surface area contributed by atoms with Gasteiger partial charge >= 0.3 is 17.9 Å². The number of rotatable bonds is 41. The fourth-order valence-corrected chi connectivity index (χ4v) is 6.01. The first-order valence-electron chi connectivity index (χ1n) is 24.1. The summed E-state index contributed by atoms with van der Waals surface area (Å²) in [6.45, 7) is 6.26. The molecule has 342 valence electrons. The van der Waals surface area contributed by atoms with Gasteiger partial charge < -0.3 is 14.2 Å². The van der Waals surface area contributed by atoms with Crippen LogP contribution in [-0.4, -0.2) is 37.2 Å². The van der Waals surface area contributed by atoms with Gasteiger partial charge in [-0.05, 0) is 96.3 Å². The Labute approximate surface area is 373 Å². The highest BCUT2D eigenvalue weighted by Gasteiger charge is 2.19. The summed E-state index contributed by atoms with van der Waals surface area (Å²) < 4.78 is 16.7. The molecule has 0 radical (unpaired) electrons. The lowest BCUT2D eigenvalue weighted by atomic mass is 10.1. The molecule has 0 aliphatic carbocycles. The summed E-state index contributed by atoms with van der Waals surface area (Å²) in [5.41, 5.74) is 0. The first-order valence-corrected chi connectivity index (χ1v) is 24.1. The van der Waals surface area contributed by atoms with Crippen molar-refractivity contribution in [1.82, 2.24) is 0 Å². The Kier molecular flexibility index (Phi) is 45.1. The quantitative estimate of drug-likeness (QED) is 0.0201. The van der Waals surface area contributed by atoms with Crippen molar-refractivity contribution in [3.63, 3.8) is 0 Å². The molecule has 0 N–H and O–H groups in total. The molecule has 0 rings (SSSR count). The summed E-state index contributed by atoms with van der Waals surface area (Å²) in [6, 6.07) is 0. The van der Waals surface area contributed by atoms with Crippen molar-refractivity contribution in [3.05, 3.63) is 122 Å². The minimum Gasteiger partial charge on any atom is -0.462 e. The van der Waals surface area contributed by atoms with Gasteiger partial charge in [-0.1, -0.05) is 194 Å². The topological polar surface area (TPSA) is 78.9 Å². The van der Waals surface area contributed by atoms with E-state index in [0.717, 1.165) is 96.3 Å². The largest absolute Gasteiger partial charge is 0.462 e. The van der Waals surface area contributed by atoms with Crippen molar-refractivity contribution in [2.24, 2.45) is 0 Å². The molecule has 0 spiro atoms. The number of unbranched alkanes of at least 4 members (excludes halogenated alkanes) is 15. The molecule has 1 unspecified atom stereocenters. The van der Waals surface area contributed by atoms with Crippen molar-refractivity contribution >= 4 is 17.9 Å². The van der Waals surface area contributed by atoms with E-state index in [1.807, 2.05) is 60.8 Å². The Morgan fingerprint density at radius 1 is 0.361 bits per heavy atom. The molecule has 1 atom stereocenters. The Bertz CT molecular complexity index is 1340. The van der Waals surface area contributed by atoms with Crippen LogP contribution in [0.25, 0.3) is 0 Å². The van der Waals surface area contributed by atoms with Crippen LogP contribution in [0, 0.1) is 0 Å². The van der Waals surface area contributed by atoms with Gasteiger partial charge in [-0.3, -0.25) is 14.4 Å². The van der Waals surface area contributed by atoms with E-state index in [9.17, 15) is 14.4 Å². The summed E-state index contributed by atoms with van der Waals surface area (Å²) in [5, 5.41) is 0. The third kappa shape index (κ3) is 46.7. The normalized spacial score (nSPS) is 13.2. The molecule has 0 fully saturated rings. The van der Waals surface area contributed by atoms with Crippen LogP contribution >= 0.6 is 0 Å². The van der Waals surface area contributed by atoms with Crippen molar-refractivity contribution in [2.45, 2.75) is 194 Å². The molecule has 0 saturated carbocycles. The van der Waals surface area contributed by atoms with Gasteiger partial charge in [-0.25, -0.2) is 0 Å². The van der Waals surface area contributed by atoms with Crippen LogP contribution < -0.4 is 0 Å². The van der Waals surface area contributed by atoms with Crippen LogP contribution in [0.1, 0.15) is 188 Å². The second kappa shape index (κ2) is 48.5. The van der Waals surface area contributed by atoms with E-state index in [2.05, 4.69) is 81.5 Å². The van der Waals surface area contributed by atoms with E-state index in [-0.39, 0.29) is 37.5 Å². The summed E-state index contributed by atoms with van der Waals surface area (Å²) in [6.07, 6.45) is 66.1. The lowest BCUT2D eigenvalue weighted by Gasteiger charge is -2.18. The zero-order valence-corrected chi connectivity index (χ0v) is 38.9. The van der Waals surface area contributed by atoms with E-state index >= 15 is 0 Å². The number of hydrogen-bond acceptors (Lipinski definition) is 6. The number of allylic oxidation sites excluding steroid dienone is 20. The van der Waals surface area contributed by atoms with Crippen LogP contribution in [0.3, 0.4) is 0 Å². The fraction of sp³-hybridized carbons (Fsp3) is 0.582. The maximum atomic E-state index is 12.8. The van der Waals surface area contributed by atoms with Crippen molar-refractivity contribution in [1.29, 1.82) is 0 Å². The highest BCUT2D eigenvalue weighted by molar-refractivity contribution is 5.71. The van der Waals surface area contributed by atoms with Gasteiger partial charge in [0.05, 0.1) is 0 Å². The molecule has 0 aliphatic heterocycles. The molecular weight excluding hydrogens is 757 g/mol. The predicted octanol–water partition coefficient (Wildman–Crippen LogP) is 15.7. The van der Waals surface area contributed by atoms with Gasteiger partial charge in [0.25, 0.3) is 0 Å². The number of carbonyl (C=O) groups excluding carboxylic acids is 3. The number of esters is 3.